The molecule has 0 atom stereocenters. The lowest BCUT2D eigenvalue weighted by molar-refractivity contribution is -0.137. The molecule has 5 aromatic carbocycles. The lowest BCUT2D eigenvalue weighted by Gasteiger charge is -2.36. The second-order valence-electron chi connectivity index (χ2n) is 16.9. The molecule has 0 aliphatic carbocycles. The minimum Gasteiger partial charge on any atom is -0.368 e. The van der Waals surface area contributed by atoms with E-state index in [1.165, 1.54) is 39.2 Å². The Labute approximate surface area is 384 Å². The maximum Gasteiger partial charge on any atom is 0.416 e. The third kappa shape index (κ3) is 10.7. The Bertz CT molecular complexity index is 2750. The fourth-order valence-corrected chi connectivity index (χ4v) is 9.05. The number of pyridine rings is 2. The van der Waals surface area contributed by atoms with Crippen molar-refractivity contribution < 1.29 is 18.0 Å². The fourth-order valence-electron chi connectivity index (χ4n) is 9.05. The molecule has 9 rings (SSSR count). The number of aryl methyl sites for hydroxylation is 2. The Hall–Kier alpha value is -6.21. The Kier molecular flexibility index (Phi) is 13.9. The third-order valence-electron chi connectivity index (χ3n) is 12.6. The number of anilines is 5. The number of amides is 2. The summed E-state index contributed by atoms with van der Waals surface area (Å²) in [6.45, 7) is 13.1. The molecule has 2 aliphatic rings. The maximum absolute atomic E-state index is 14.3. The number of nitrogens with zero attached hydrogens (tertiary/aromatic N) is 7. The summed E-state index contributed by atoms with van der Waals surface area (Å²) >= 11 is 0. The molecule has 2 aliphatic heterocycles. The molecule has 7 aromatic rings. The zero-order chi connectivity index (χ0) is 44.2. The first-order valence-electron chi connectivity index (χ1n) is 22.2. The summed E-state index contributed by atoms with van der Waals surface area (Å²) in [7, 11) is 0. The quantitative estimate of drug-likeness (QED) is 0.139. The molecule has 0 saturated carbocycles. The average Bonchev–Trinajstić information content (AvgIpc) is 3.30. The van der Waals surface area contributed by atoms with Gasteiger partial charge in [0.1, 0.15) is 0 Å². The van der Waals surface area contributed by atoms with Crippen LogP contribution in [-0.4, -0.2) is 91.2 Å². The van der Waals surface area contributed by atoms with Crippen molar-refractivity contribution in [2.75, 3.05) is 85.5 Å². The van der Waals surface area contributed by atoms with Gasteiger partial charge in [-0.25, -0.2) is 4.79 Å². The summed E-state index contributed by atoms with van der Waals surface area (Å²) in [6, 6.07) is 41.0. The Morgan fingerprint density at radius 1 is 0.585 bits per heavy atom. The molecule has 4 heterocycles. The van der Waals surface area contributed by atoms with Gasteiger partial charge in [-0.1, -0.05) is 36.4 Å². The number of carbonyl (C=O) groups is 1. The number of carbonyl (C=O) groups excluding carboxylic acids is 1. The summed E-state index contributed by atoms with van der Waals surface area (Å²) in [5.74, 6) is 0. The standard InChI is InChI=1S/C52H53F3N8O.ClH/c1-37-15-21-45-47(56-37)11-5-13-49(45)61-31-27-59(28-32-61)25-23-39-7-3-9-42(35-39)58-51(64)63(43-19-17-41(18-20-43)52(53,54)55)44-10-4-8-40(36-44)24-26-60-29-33-62(34-30-60)50-14-6-12-48-46(50)22-16-38(2)57-48;/h3-22,35-36H,23-34H2,1-2H3,(H,58,64);1H. The molecular weight excluding hydrogens is 845 g/mol. The second kappa shape index (κ2) is 19.9. The van der Waals surface area contributed by atoms with E-state index in [0.29, 0.717) is 17.1 Å². The van der Waals surface area contributed by atoms with Gasteiger partial charge in [-0.2, -0.15) is 13.2 Å². The smallest absolute Gasteiger partial charge is 0.368 e. The van der Waals surface area contributed by atoms with Crippen LogP contribution in [0.25, 0.3) is 21.8 Å². The number of fused-ring (bicyclic) bond motifs is 2. The predicted octanol–water partition coefficient (Wildman–Crippen LogP) is 10.9. The lowest BCUT2D eigenvalue weighted by Crippen LogP contribution is -2.47. The molecule has 1 N–H and O–H groups in total. The van der Waals surface area contributed by atoms with E-state index in [0.717, 1.165) is 124 Å². The highest BCUT2D eigenvalue weighted by Gasteiger charge is 2.31. The van der Waals surface area contributed by atoms with Crippen LogP contribution >= 0.6 is 12.4 Å². The highest BCUT2D eigenvalue weighted by atomic mass is 35.5. The monoisotopic (exact) mass is 898 g/mol. The molecule has 2 saturated heterocycles. The van der Waals surface area contributed by atoms with Gasteiger partial charge in [0.25, 0.3) is 0 Å². The van der Waals surface area contributed by atoms with Crippen molar-refractivity contribution in [2.45, 2.75) is 32.9 Å². The SMILES string of the molecule is Cc1ccc2c(N3CCN(CCc4cccc(NC(=O)N(c5ccc(C(F)(F)F)cc5)c5cccc(CCN6CCN(c7cccc8nc(C)ccc78)CC6)c5)c4)CC3)cccc2n1.Cl. The van der Waals surface area contributed by atoms with Crippen LogP contribution in [0.1, 0.15) is 28.1 Å². The number of urea groups is 1. The van der Waals surface area contributed by atoms with Gasteiger partial charge in [-0.05, 0) is 135 Å². The van der Waals surface area contributed by atoms with Crippen LogP contribution in [0.4, 0.5) is 46.4 Å². The van der Waals surface area contributed by atoms with E-state index in [2.05, 4.69) is 91.6 Å². The number of hydrogen-bond acceptors (Lipinski definition) is 7. The first-order chi connectivity index (χ1) is 31.0. The summed E-state index contributed by atoms with van der Waals surface area (Å²) in [5.41, 5.74) is 9.36. The van der Waals surface area contributed by atoms with Crippen molar-refractivity contribution in [3.05, 3.63) is 162 Å². The molecule has 2 aromatic heterocycles. The van der Waals surface area contributed by atoms with Gasteiger partial charge in [0.15, 0.2) is 0 Å². The van der Waals surface area contributed by atoms with Crippen molar-refractivity contribution in [3.8, 4) is 0 Å². The van der Waals surface area contributed by atoms with Crippen molar-refractivity contribution in [1.82, 2.24) is 19.8 Å². The van der Waals surface area contributed by atoms with E-state index in [1.54, 1.807) is 0 Å². The highest BCUT2D eigenvalue weighted by Crippen LogP contribution is 2.34. The van der Waals surface area contributed by atoms with Gasteiger partial charge in [0, 0.05) is 105 Å². The third-order valence-corrected chi connectivity index (χ3v) is 12.6. The van der Waals surface area contributed by atoms with Gasteiger partial charge in [-0.15, -0.1) is 12.4 Å². The lowest BCUT2D eigenvalue weighted by atomic mass is 10.1. The van der Waals surface area contributed by atoms with Gasteiger partial charge in [0.2, 0.25) is 0 Å². The number of rotatable bonds is 11. The summed E-state index contributed by atoms with van der Waals surface area (Å²) < 4.78 is 40.9. The van der Waals surface area contributed by atoms with Crippen molar-refractivity contribution >= 4 is 68.7 Å². The predicted molar refractivity (Wildman–Crippen MR) is 260 cm³/mol. The molecule has 336 valence electrons. The Balaban J connectivity index is 0.00000576. The number of piperazine rings is 2. The molecule has 2 amide bonds. The minimum atomic E-state index is -4.50. The van der Waals surface area contributed by atoms with Crippen molar-refractivity contribution in [2.24, 2.45) is 0 Å². The van der Waals surface area contributed by atoms with Gasteiger partial charge < -0.3 is 15.1 Å². The molecule has 0 bridgehead atoms. The van der Waals surface area contributed by atoms with Crippen LogP contribution in [0.2, 0.25) is 0 Å². The number of aromatic nitrogens is 2. The summed E-state index contributed by atoms with van der Waals surface area (Å²) in [6.07, 6.45) is -2.93. The topological polar surface area (TPSA) is 71.1 Å². The van der Waals surface area contributed by atoms with Crippen LogP contribution in [0.15, 0.2) is 133 Å². The zero-order valence-corrected chi connectivity index (χ0v) is 37.6. The summed E-state index contributed by atoms with van der Waals surface area (Å²) in [5, 5.41) is 5.41. The molecule has 2 fully saturated rings. The van der Waals surface area contributed by atoms with Crippen LogP contribution in [-0.2, 0) is 19.0 Å². The van der Waals surface area contributed by atoms with E-state index in [4.69, 9.17) is 9.97 Å². The molecule has 65 heavy (non-hydrogen) atoms. The van der Waals surface area contributed by atoms with Crippen molar-refractivity contribution in [3.63, 3.8) is 0 Å². The maximum atomic E-state index is 14.3. The van der Waals surface area contributed by atoms with Crippen molar-refractivity contribution in [1.29, 1.82) is 0 Å². The van der Waals surface area contributed by atoms with Gasteiger partial charge in [0.05, 0.1) is 28.0 Å². The molecule has 0 spiro atoms. The minimum absolute atomic E-state index is 0. The van der Waals surface area contributed by atoms with Gasteiger partial charge >= 0.3 is 12.2 Å². The van der Waals surface area contributed by atoms with Crippen LogP contribution in [0.3, 0.4) is 0 Å². The first-order valence-corrected chi connectivity index (χ1v) is 22.2. The molecule has 0 radical (unpaired) electrons. The average molecular weight is 900 g/mol. The molecular formula is C52H54ClF3N8O. The van der Waals surface area contributed by atoms with E-state index in [9.17, 15) is 18.0 Å². The van der Waals surface area contributed by atoms with E-state index in [1.807, 2.05) is 56.3 Å². The fraction of sp³-hybridized carbons (Fsp3) is 0.288. The van der Waals surface area contributed by atoms with Crippen LogP contribution < -0.4 is 20.0 Å². The molecule has 0 unspecified atom stereocenters. The number of halogens is 4. The largest absolute Gasteiger partial charge is 0.416 e. The van der Waals surface area contributed by atoms with Crippen LogP contribution in [0.5, 0.6) is 0 Å². The Morgan fingerprint density at radius 3 is 1.60 bits per heavy atom. The summed E-state index contributed by atoms with van der Waals surface area (Å²) in [4.78, 5) is 35.0. The number of hydrogen-bond donors (Lipinski definition) is 1. The molecule has 13 heteroatoms. The molecule has 9 nitrogen and oxygen atoms in total. The number of alkyl halides is 3. The normalized spacial score (nSPS) is 15.0. The van der Waals surface area contributed by atoms with E-state index < -0.39 is 17.8 Å². The van der Waals surface area contributed by atoms with Crippen LogP contribution in [0, 0.1) is 13.8 Å². The van der Waals surface area contributed by atoms with E-state index >= 15 is 0 Å². The Morgan fingerprint density at radius 2 is 1.08 bits per heavy atom. The number of nitrogens with one attached hydrogen (secondary N) is 1. The zero-order valence-electron chi connectivity index (χ0n) is 36.8. The van der Waals surface area contributed by atoms with Gasteiger partial charge in [-0.3, -0.25) is 24.7 Å². The highest BCUT2D eigenvalue weighted by molar-refractivity contribution is 6.07. The number of benzene rings is 5. The second-order valence-corrected chi connectivity index (χ2v) is 16.9. The first kappa shape index (κ1) is 45.4. The van der Waals surface area contributed by atoms with E-state index in [-0.39, 0.29) is 12.4 Å².